The molecule has 1 aromatic heterocycles. The third kappa shape index (κ3) is 7.51. The molecule has 2 aromatic rings. The lowest BCUT2D eigenvalue weighted by atomic mass is 10.1. The van der Waals surface area contributed by atoms with E-state index < -0.39 is 0 Å². The quantitative estimate of drug-likeness (QED) is 0.311. The lowest BCUT2D eigenvalue weighted by molar-refractivity contribution is 0.128. The fourth-order valence-electron chi connectivity index (χ4n) is 3.39. The summed E-state index contributed by atoms with van der Waals surface area (Å²) in [7, 11) is 3.74. The number of aromatic nitrogens is 3. The van der Waals surface area contributed by atoms with Gasteiger partial charge in [-0.15, -0.1) is 34.2 Å². The third-order valence-electron chi connectivity index (χ3n) is 5.40. The van der Waals surface area contributed by atoms with Crippen LogP contribution in [0.2, 0.25) is 0 Å². The molecular weight excluding hydrogens is 493 g/mol. The summed E-state index contributed by atoms with van der Waals surface area (Å²) >= 11 is 0. The molecule has 0 saturated carbocycles. The maximum Gasteiger partial charge on any atom is 0.192 e. The van der Waals surface area contributed by atoms with Gasteiger partial charge in [0.2, 0.25) is 0 Å². The highest BCUT2D eigenvalue weighted by Crippen LogP contribution is 2.10. The lowest BCUT2D eigenvalue weighted by Gasteiger charge is -2.32. The van der Waals surface area contributed by atoms with E-state index in [1.807, 2.05) is 36.7 Å². The molecule has 0 atom stereocenters. The summed E-state index contributed by atoms with van der Waals surface area (Å²) in [5.41, 5.74) is 1.19. The number of hydrogen-bond donors (Lipinski definition) is 2. The van der Waals surface area contributed by atoms with Crippen molar-refractivity contribution in [3.63, 3.8) is 0 Å². The Morgan fingerprint density at radius 3 is 2.57 bits per heavy atom. The van der Waals surface area contributed by atoms with Crippen LogP contribution in [0.15, 0.2) is 35.3 Å². The van der Waals surface area contributed by atoms with Crippen molar-refractivity contribution in [1.29, 1.82) is 0 Å². The molecule has 30 heavy (non-hydrogen) atoms. The summed E-state index contributed by atoms with van der Waals surface area (Å²) in [4.78, 5) is 7.27. The molecule has 1 aliphatic rings. The van der Waals surface area contributed by atoms with E-state index in [0.29, 0.717) is 19.1 Å². The Labute approximate surface area is 196 Å². The first-order valence-corrected chi connectivity index (χ1v) is 10.3. The zero-order valence-electron chi connectivity index (χ0n) is 18.2. The van der Waals surface area contributed by atoms with Crippen LogP contribution in [0.1, 0.15) is 30.1 Å². The van der Waals surface area contributed by atoms with Gasteiger partial charge in [0.25, 0.3) is 0 Å². The number of aliphatic imine (C=N–C) groups is 1. The highest BCUT2D eigenvalue weighted by atomic mass is 127. The van der Waals surface area contributed by atoms with Gasteiger partial charge < -0.3 is 24.8 Å². The summed E-state index contributed by atoms with van der Waals surface area (Å²) in [6.45, 7) is 7.13. The number of aryl methyl sites for hydroxylation is 1. The Morgan fingerprint density at radius 2 is 1.93 bits per heavy atom. The number of rotatable bonds is 8. The molecular formula is C21H34IN7O. The summed E-state index contributed by atoms with van der Waals surface area (Å²) in [5, 5.41) is 15.4. The molecule has 1 aromatic carbocycles. The zero-order chi connectivity index (χ0) is 20.5. The number of halogens is 1. The van der Waals surface area contributed by atoms with Crippen LogP contribution < -0.4 is 10.6 Å². The SMILES string of the molecule is COCCN1CCC(NC(=NCc2ccccc2)NCc2nnc(C)n2C)CC1.I. The first kappa shape index (κ1) is 24.5. The lowest BCUT2D eigenvalue weighted by Crippen LogP contribution is -2.49. The van der Waals surface area contributed by atoms with Gasteiger partial charge in [0.1, 0.15) is 5.82 Å². The highest BCUT2D eigenvalue weighted by Gasteiger charge is 2.20. The minimum atomic E-state index is 0. The number of hydrogen-bond acceptors (Lipinski definition) is 5. The number of nitrogens with one attached hydrogen (secondary N) is 2. The number of ether oxygens (including phenoxy) is 1. The average molecular weight is 527 g/mol. The molecule has 0 radical (unpaired) electrons. The number of likely N-dealkylation sites (tertiary alicyclic amines) is 1. The third-order valence-corrected chi connectivity index (χ3v) is 5.40. The molecule has 0 unspecified atom stereocenters. The summed E-state index contributed by atoms with van der Waals surface area (Å²) in [6.07, 6.45) is 2.19. The van der Waals surface area contributed by atoms with E-state index in [9.17, 15) is 0 Å². The van der Waals surface area contributed by atoms with Crippen LogP contribution in [0.5, 0.6) is 0 Å². The van der Waals surface area contributed by atoms with Crippen LogP contribution in [-0.4, -0.2) is 65.0 Å². The number of nitrogens with zero attached hydrogens (tertiary/aromatic N) is 5. The van der Waals surface area contributed by atoms with E-state index in [4.69, 9.17) is 9.73 Å². The van der Waals surface area contributed by atoms with Crippen LogP contribution in [0.25, 0.3) is 0 Å². The van der Waals surface area contributed by atoms with Crippen LogP contribution in [0, 0.1) is 6.92 Å². The van der Waals surface area contributed by atoms with Gasteiger partial charge in [-0.3, -0.25) is 0 Å². The molecule has 8 nitrogen and oxygen atoms in total. The fourth-order valence-corrected chi connectivity index (χ4v) is 3.39. The summed E-state index contributed by atoms with van der Waals surface area (Å²) in [6, 6.07) is 10.7. The van der Waals surface area contributed by atoms with Gasteiger partial charge in [-0.1, -0.05) is 30.3 Å². The first-order valence-electron chi connectivity index (χ1n) is 10.3. The van der Waals surface area contributed by atoms with Crippen LogP contribution in [0.3, 0.4) is 0 Å². The monoisotopic (exact) mass is 527 g/mol. The molecule has 1 aliphatic heterocycles. The van der Waals surface area contributed by atoms with E-state index in [1.165, 1.54) is 5.56 Å². The van der Waals surface area contributed by atoms with Gasteiger partial charge in [-0.2, -0.15) is 0 Å². The number of benzene rings is 1. The van der Waals surface area contributed by atoms with Gasteiger partial charge in [0, 0.05) is 39.8 Å². The van der Waals surface area contributed by atoms with Crippen molar-refractivity contribution in [2.75, 3.05) is 33.4 Å². The fraction of sp³-hybridized carbons (Fsp3) is 0.571. The molecule has 0 spiro atoms. The van der Waals surface area contributed by atoms with Gasteiger partial charge in [-0.25, -0.2) is 4.99 Å². The van der Waals surface area contributed by atoms with Crippen molar-refractivity contribution >= 4 is 29.9 Å². The Balaban J connectivity index is 0.00000320. The van der Waals surface area contributed by atoms with E-state index in [-0.39, 0.29) is 24.0 Å². The molecule has 2 N–H and O–H groups in total. The highest BCUT2D eigenvalue weighted by molar-refractivity contribution is 14.0. The molecule has 1 saturated heterocycles. The summed E-state index contributed by atoms with van der Waals surface area (Å²) in [5.74, 6) is 2.62. The van der Waals surface area contributed by atoms with Gasteiger partial charge >= 0.3 is 0 Å². The minimum absolute atomic E-state index is 0. The van der Waals surface area contributed by atoms with Crippen LogP contribution in [-0.2, 0) is 24.9 Å². The predicted octanol–water partition coefficient (Wildman–Crippen LogP) is 2.09. The molecule has 0 bridgehead atoms. The molecule has 2 heterocycles. The Morgan fingerprint density at radius 1 is 1.20 bits per heavy atom. The molecule has 1 fully saturated rings. The Bertz CT molecular complexity index is 773. The number of methoxy groups -OCH3 is 1. The minimum Gasteiger partial charge on any atom is -0.383 e. The van der Waals surface area contributed by atoms with Crippen molar-refractivity contribution in [3.8, 4) is 0 Å². The van der Waals surface area contributed by atoms with Crippen molar-refractivity contribution < 1.29 is 4.74 Å². The van der Waals surface area contributed by atoms with Gasteiger partial charge in [-0.05, 0) is 25.3 Å². The smallest absolute Gasteiger partial charge is 0.192 e. The Hall–Kier alpha value is -1.72. The van der Waals surface area contributed by atoms with E-state index in [1.54, 1.807) is 7.11 Å². The van der Waals surface area contributed by atoms with Gasteiger partial charge in [0.05, 0.1) is 19.7 Å². The van der Waals surface area contributed by atoms with Crippen LogP contribution >= 0.6 is 24.0 Å². The van der Waals surface area contributed by atoms with Crippen molar-refractivity contribution in [2.45, 2.75) is 38.9 Å². The standard InChI is InChI=1S/C21H33N7O.HI/c1-17-25-26-20(27(17)2)16-23-21(22-15-18-7-5-4-6-8-18)24-19-9-11-28(12-10-19)13-14-29-3;/h4-8,19H,9-16H2,1-3H3,(H2,22,23,24);1H. The maximum absolute atomic E-state index is 5.20. The van der Waals surface area contributed by atoms with Crippen molar-refractivity contribution in [2.24, 2.45) is 12.0 Å². The van der Waals surface area contributed by atoms with E-state index in [0.717, 1.165) is 56.7 Å². The molecule has 3 rings (SSSR count). The zero-order valence-corrected chi connectivity index (χ0v) is 20.5. The van der Waals surface area contributed by atoms with Crippen molar-refractivity contribution in [1.82, 2.24) is 30.3 Å². The normalized spacial score (nSPS) is 15.6. The topological polar surface area (TPSA) is 79.6 Å². The second-order valence-electron chi connectivity index (χ2n) is 7.48. The second kappa shape index (κ2) is 12.9. The molecule has 166 valence electrons. The maximum atomic E-state index is 5.20. The van der Waals surface area contributed by atoms with E-state index >= 15 is 0 Å². The molecule has 0 amide bonds. The largest absolute Gasteiger partial charge is 0.383 e. The summed E-state index contributed by atoms with van der Waals surface area (Å²) < 4.78 is 7.19. The first-order chi connectivity index (χ1) is 14.2. The van der Waals surface area contributed by atoms with Crippen molar-refractivity contribution in [3.05, 3.63) is 47.5 Å². The predicted molar refractivity (Wildman–Crippen MR) is 130 cm³/mol. The average Bonchev–Trinajstić information content (AvgIpc) is 3.08. The molecule has 0 aliphatic carbocycles. The number of piperidine rings is 1. The van der Waals surface area contributed by atoms with E-state index in [2.05, 4.69) is 37.9 Å². The Kier molecular flexibility index (Phi) is 10.5. The van der Waals surface area contributed by atoms with Gasteiger partial charge in [0.15, 0.2) is 11.8 Å². The molecule has 9 heteroatoms. The van der Waals surface area contributed by atoms with Crippen LogP contribution in [0.4, 0.5) is 0 Å². The second-order valence-corrected chi connectivity index (χ2v) is 7.48. The number of guanidine groups is 1.